The number of nitrogen functional groups attached to an aromatic ring is 1. The molecule has 2 aromatic carbocycles. The third kappa shape index (κ3) is 3.43. The molecular formula is C18H12Cl2F2N2O2. The van der Waals surface area contributed by atoms with Gasteiger partial charge in [-0.2, -0.15) is 0 Å². The van der Waals surface area contributed by atoms with E-state index in [-0.39, 0.29) is 28.7 Å². The van der Waals surface area contributed by atoms with Gasteiger partial charge in [0.25, 0.3) is 0 Å². The highest BCUT2D eigenvalue weighted by Crippen LogP contribution is 2.40. The molecule has 0 amide bonds. The molecule has 3 aromatic rings. The van der Waals surface area contributed by atoms with Crippen molar-refractivity contribution < 1.29 is 18.7 Å². The molecule has 26 heavy (non-hydrogen) atoms. The first kappa shape index (κ1) is 18.4. The fourth-order valence-electron chi connectivity index (χ4n) is 2.77. The predicted octanol–water partition coefficient (Wildman–Crippen LogP) is 5.09. The van der Waals surface area contributed by atoms with Crippen molar-refractivity contribution in [2.24, 2.45) is 0 Å². The van der Waals surface area contributed by atoms with E-state index >= 15 is 0 Å². The number of hydrogen-bond acceptors (Lipinski definition) is 3. The molecule has 0 aliphatic heterocycles. The van der Waals surface area contributed by atoms with Crippen LogP contribution in [0, 0.1) is 11.6 Å². The number of carboxylic acid groups (broad SMARTS) is 1. The van der Waals surface area contributed by atoms with Crippen LogP contribution in [-0.4, -0.2) is 16.1 Å². The van der Waals surface area contributed by atoms with Crippen LogP contribution in [0.3, 0.4) is 0 Å². The SMILES string of the molecule is Nc1nc2c(-c3c(Cl)cc(F)cc3Cl)ccc(CCC(=O)O)c2cc1F. The Morgan fingerprint density at radius 1 is 1.15 bits per heavy atom. The summed E-state index contributed by atoms with van der Waals surface area (Å²) in [6, 6.07) is 6.70. The summed E-state index contributed by atoms with van der Waals surface area (Å²) in [6.45, 7) is 0. The lowest BCUT2D eigenvalue weighted by Crippen LogP contribution is -2.02. The lowest BCUT2D eigenvalue weighted by atomic mass is 9.96. The summed E-state index contributed by atoms with van der Waals surface area (Å²) < 4.78 is 27.5. The van der Waals surface area contributed by atoms with Gasteiger partial charge >= 0.3 is 5.97 Å². The number of fused-ring (bicyclic) bond motifs is 1. The lowest BCUT2D eigenvalue weighted by molar-refractivity contribution is -0.136. The van der Waals surface area contributed by atoms with Gasteiger partial charge in [-0.1, -0.05) is 35.3 Å². The number of anilines is 1. The average molecular weight is 397 g/mol. The normalized spacial score (nSPS) is 11.1. The van der Waals surface area contributed by atoms with E-state index in [1.54, 1.807) is 12.1 Å². The maximum absolute atomic E-state index is 14.0. The van der Waals surface area contributed by atoms with Crippen LogP contribution in [0.4, 0.5) is 14.6 Å². The van der Waals surface area contributed by atoms with Gasteiger partial charge in [0, 0.05) is 22.9 Å². The van der Waals surface area contributed by atoms with E-state index in [0.29, 0.717) is 27.6 Å². The second kappa shape index (κ2) is 7.05. The summed E-state index contributed by atoms with van der Waals surface area (Å²) in [4.78, 5) is 14.9. The van der Waals surface area contributed by atoms with Gasteiger partial charge in [0.1, 0.15) is 5.82 Å². The van der Waals surface area contributed by atoms with Crippen LogP contribution < -0.4 is 5.73 Å². The van der Waals surface area contributed by atoms with E-state index in [1.807, 2.05) is 0 Å². The molecule has 0 spiro atoms. The molecule has 0 atom stereocenters. The standard InChI is InChI=1S/C18H12Cl2F2N2O2/c19-12-5-9(21)6-13(20)16(12)10-3-1-8(2-4-15(25)26)11-7-14(22)18(23)24-17(10)11/h1,3,5-7H,2,4H2,(H2,23,24)(H,25,26). The number of aliphatic carboxylic acids is 1. The molecule has 134 valence electrons. The molecule has 0 fully saturated rings. The van der Waals surface area contributed by atoms with E-state index in [2.05, 4.69) is 4.98 Å². The lowest BCUT2D eigenvalue weighted by Gasteiger charge is -2.14. The number of benzene rings is 2. The highest BCUT2D eigenvalue weighted by atomic mass is 35.5. The van der Waals surface area contributed by atoms with Crippen molar-refractivity contribution >= 4 is 45.9 Å². The molecule has 0 saturated carbocycles. The van der Waals surface area contributed by atoms with E-state index in [4.69, 9.17) is 34.0 Å². The zero-order chi connectivity index (χ0) is 19.0. The van der Waals surface area contributed by atoms with Gasteiger partial charge in [-0.25, -0.2) is 13.8 Å². The Morgan fingerprint density at radius 2 is 1.81 bits per heavy atom. The molecule has 0 saturated heterocycles. The van der Waals surface area contributed by atoms with E-state index in [1.165, 1.54) is 6.07 Å². The van der Waals surface area contributed by atoms with Crippen LogP contribution in [0.15, 0.2) is 30.3 Å². The Balaban J connectivity index is 2.30. The maximum atomic E-state index is 14.0. The number of carboxylic acids is 1. The van der Waals surface area contributed by atoms with Crippen molar-refractivity contribution in [3.63, 3.8) is 0 Å². The van der Waals surface area contributed by atoms with Gasteiger partial charge in [-0.15, -0.1) is 0 Å². The zero-order valence-corrected chi connectivity index (χ0v) is 14.7. The van der Waals surface area contributed by atoms with Crippen molar-refractivity contribution in [1.82, 2.24) is 4.98 Å². The number of nitrogens with two attached hydrogens (primary N) is 1. The van der Waals surface area contributed by atoms with Crippen molar-refractivity contribution in [2.75, 3.05) is 5.73 Å². The van der Waals surface area contributed by atoms with Crippen LogP contribution in [0.2, 0.25) is 10.0 Å². The topological polar surface area (TPSA) is 76.2 Å². The molecule has 8 heteroatoms. The first-order valence-electron chi connectivity index (χ1n) is 7.52. The van der Waals surface area contributed by atoms with Crippen LogP contribution in [-0.2, 0) is 11.2 Å². The second-order valence-corrected chi connectivity index (χ2v) is 6.48. The monoisotopic (exact) mass is 396 g/mol. The van der Waals surface area contributed by atoms with Gasteiger partial charge in [0.15, 0.2) is 11.6 Å². The highest BCUT2D eigenvalue weighted by Gasteiger charge is 2.18. The Hall–Kier alpha value is -2.44. The largest absolute Gasteiger partial charge is 0.481 e. The molecule has 1 aromatic heterocycles. The fourth-order valence-corrected chi connectivity index (χ4v) is 3.43. The van der Waals surface area contributed by atoms with Crippen molar-refractivity contribution in [3.05, 3.63) is 57.6 Å². The second-order valence-electron chi connectivity index (χ2n) is 5.66. The molecular weight excluding hydrogens is 385 g/mol. The van der Waals surface area contributed by atoms with E-state index < -0.39 is 17.6 Å². The number of rotatable bonds is 4. The van der Waals surface area contributed by atoms with E-state index in [9.17, 15) is 13.6 Å². The molecule has 0 aliphatic carbocycles. The summed E-state index contributed by atoms with van der Waals surface area (Å²) in [5, 5.41) is 9.43. The molecule has 3 N–H and O–H groups in total. The molecule has 0 bridgehead atoms. The minimum atomic E-state index is -0.976. The van der Waals surface area contributed by atoms with Crippen molar-refractivity contribution in [1.29, 1.82) is 0 Å². The first-order chi connectivity index (χ1) is 12.3. The summed E-state index contributed by atoms with van der Waals surface area (Å²) >= 11 is 12.3. The quantitative estimate of drug-likeness (QED) is 0.643. The summed E-state index contributed by atoms with van der Waals surface area (Å²) in [7, 11) is 0. The van der Waals surface area contributed by atoms with Gasteiger partial charge < -0.3 is 10.8 Å². The summed E-state index contributed by atoms with van der Waals surface area (Å²) in [5.41, 5.74) is 7.28. The zero-order valence-electron chi connectivity index (χ0n) is 13.2. The van der Waals surface area contributed by atoms with E-state index in [0.717, 1.165) is 12.1 Å². The Labute approximate surface area is 157 Å². The highest BCUT2D eigenvalue weighted by molar-refractivity contribution is 6.39. The molecule has 0 unspecified atom stereocenters. The van der Waals surface area contributed by atoms with Crippen LogP contribution in [0.25, 0.3) is 22.0 Å². The third-order valence-corrected chi connectivity index (χ3v) is 4.54. The van der Waals surface area contributed by atoms with Gasteiger partial charge in [0.05, 0.1) is 15.6 Å². The van der Waals surface area contributed by atoms with Gasteiger partial charge in [0.2, 0.25) is 0 Å². The predicted molar refractivity (Wildman–Crippen MR) is 97.5 cm³/mol. The maximum Gasteiger partial charge on any atom is 0.303 e. The van der Waals surface area contributed by atoms with Gasteiger partial charge in [-0.05, 0) is 30.2 Å². The van der Waals surface area contributed by atoms with Crippen molar-refractivity contribution in [3.8, 4) is 11.1 Å². The minimum absolute atomic E-state index is 0.0688. The van der Waals surface area contributed by atoms with Gasteiger partial charge in [-0.3, -0.25) is 4.79 Å². The Bertz CT molecular complexity index is 1020. The summed E-state index contributed by atoms with van der Waals surface area (Å²) in [6.07, 6.45) is 0.0561. The van der Waals surface area contributed by atoms with Crippen LogP contribution >= 0.6 is 23.2 Å². The number of halogens is 4. The minimum Gasteiger partial charge on any atom is -0.481 e. The molecule has 0 radical (unpaired) electrons. The number of aromatic nitrogens is 1. The van der Waals surface area contributed by atoms with Crippen molar-refractivity contribution in [2.45, 2.75) is 12.8 Å². The number of hydrogen-bond donors (Lipinski definition) is 2. The number of carbonyl (C=O) groups is 1. The molecule has 4 nitrogen and oxygen atoms in total. The first-order valence-corrected chi connectivity index (χ1v) is 8.28. The smallest absolute Gasteiger partial charge is 0.303 e. The van der Waals surface area contributed by atoms with Crippen LogP contribution in [0.1, 0.15) is 12.0 Å². The third-order valence-electron chi connectivity index (χ3n) is 3.94. The number of nitrogens with zero attached hydrogens (tertiary/aromatic N) is 1. The number of pyridine rings is 1. The Morgan fingerprint density at radius 3 is 2.42 bits per heavy atom. The average Bonchev–Trinajstić information content (AvgIpc) is 2.54. The molecule has 0 aliphatic rings. The molecule has 3 rings (SSSR count). The van der Waals surface area contributed by atoms with Crippen LogP contribution in [0.5, 0.6) is 0 Å². The molecule has 1 heterocycles. The number of aryl methyl sites for hydroxylation is 1. The Kier molecular flexibility index (Phi) is 4.98. The fraction of sp³-hybridized carbons (Fsp3) is 0.111. The summed E-state index contributed by atoms with van der Waals surface area (Å²) in [5.74, 6) is -2.61.